The van der Waals surface area contributed by atoms with Crippen LogP contribution < -0.4 is 0 Å². The van der Waals surface area contributed by atoms with E-state index < -0.39 is 15.6 Å². The minimum atomic E-state index is -3.19. The maximum Gasteiger partial charge on any atom is 0.214 e. The van der Waals surface area contributed by atoms with E-state index in [1.54, 1.807) is 0 Å². The number of hydrogen-bond donors (Lipinski definition) is 1. The summed E-state index contributed by atoms with van der Waals surface area (Å²) in [6.07, 6.45) is 2.07. The Labute approximate surface area is 98.7 Å². The van der Waals surface area contributed by atoms with Gasteiger partial charge in [0.1, 0.15) is 0 Å². The van der Waals surface area contributed by atoms with Gasteiger partial charge in [0.25, 0.3) is 0 Å². The fraction of sp³-hybridized carbons (Fsp3) is 1.00. The van der Waals surface area contributed by atoms with Gasteiger partial charge in [-0.1, -0.05) is 20.8 Å². The average Bonchev–Trinajstić information content (AvgIpc) is 2.16. The average molecular weight is 249 g/mol. The smallest absolute Gasteiger partial charge is 0.214 e. The highest BCUT2D eigenvalue weighted by Crippen LogP contribution is 2.26. The molecule has 1 saturated heterocycles. The van der Waals surface area contributed by atoms with Gasteiger partial charge in [-0.15, -0.1) is 0 Å². The summed E-state index contributed by atoms with van der Waals surface area (Å²) in [6, 6.07) is 0. The van der Waals surface area contributed by atoms with Crippen LogP contribution in [0, 0.1) is 5.92 Å². The minimum Gasteiger partial charge on any atom is -0.389 e. The second kappa shape index (κ2) is 5.02. The van der Waals surface area contributed by atoms with Gasteiger partial charge in [0.2, 0.25) is 10.0 Å². The summed E-state index contributed by atoms with van der Waals surface area (Å²) in [4.78, 5) is 0. The highest BCUT2D eigenvalue weighted by atomic mass is 32.2. The van der Waals surface area contributed by atoms with Crippen LogP contribution >= 0.6 is 0 Å². The Morgan fingerprint density at radius 3 is 2.56 bits per heavy atom. The standard InChI is InChI=1S/C11H23NO3S/c1-4-11(13)6-5-7-12(9-11)16(14,15)8-10(2)3/h10,13H,4-9H2,1-3H3. The Bertz CT molecular complexity index is 326. The van der Waals surface area contributed by atoms with Gasteiger partial charge < -0.3 is 5.11 Å². The van der Waals surface area contributed by atoms with Gasteiger partial charge in [0, 0.05) is 13.1 Å². The van der Waals surface area contributed by atoms with Crippen molar-refractivity contribution in [2.75, 3.05) is 18.8 Å². The molecule has 0 aromatic rings. The van der Waals surface area contributed by atoms with Crippen molar-refractivity contribution in [3.8, 4) is 0 Å². The van der Waals surface area contributed by atoms with Crippen LogP contribution in [-0.4, -0.2) is 42.3 Å². The van der Waals surface area contributed by atoms with Crippen molar-refractivity contribution in [3.63, 3.8) is 0 Å². The molecule has 1 fully saturated rings. The monoisotopic (exact) mass is 249 g/mol. The fourth-order valence-corrected chi connectivity index (χ4v) is 4.02. The SMILES string of the molecule is CCC1(O)CCCN(S(=O)(=O)CC(C)C)C1. The Kier molecular flexibility index (Phi) is 4.37. The highest BCUT2D eigenvalue weighted by Gasteiger charge is 2.36. The number of hydrogen-bond acceptors (Lipinski definition) is 3. The summed E-state index contributed by atoms with van der Waals surface area (Å²) in [6.45, 7) is 6.51. The molecule has 1 N–H and O–H groups in total. The molecule has 1 heterocycles. The zero-order valence-electron chi connectivity index (χ0n) is 10.4. The molecule has 1 aliphatic heterocycles. The molecule has 0 radical (unpaired) electrons. The van der Waals surface area contributed by atoms with Crippen molar-refractivity contribution in [1.29, 1.82) is 0 Å². The lowest BCUT2D eigenvalue weighted by Gasteiger charge is -2.38. The third-order valence-corrected chi connectivity index (χ3v) is 5.30. The number of sulfonamides is 1. The molecule has 4 nitrogen and oxygen atoms in total. The highest BCUT2D eigenvalue weighted by molar-refractivity contribution is 7.89. The van der Waals surface area contributed by atoms with Gasteiger partial charge in [-0.05, 0) is 25.2 Å². The van der Waals surface area contributed by atoms with Gasteiger partial charge in [-0.2, -0.15) is 4.31 Å². The van der Waals surface area contributed by atoms with E-state index >= 15 is 0 Å². The molecule has 0 aromatic carbocycles. The molecule has 0 amide bonds. The Morgan fingerprint density at radius 1 is 1.44 bits per heavy atom. The zero-order valence-corrected chi connectivity index (χ0v) is 11.3. The third-order valence-electron chi connectivity index (χ3n) is 3.12. The van der Waals surface area contributed by atoms with E-state index in [2.05, 4.69) is 0 Å². The first kappa shape index (κ1) is 13.9. The summed E-state index contributed by atoms with van der Waals surface area (Å²) in [5.41, 5.74) is -0.817. The first-order chi connectivity index (χ1) is 7.29. The van der Waals surface area contributed by atoms with Crippen LogP contribution in [0.2, 0.25) is 0 Å². The lowest BCUT2D eigenvalue weighted by Crippen LogP contribution is -2.50. The van der Waals surface area contributed by atoms with Crippen molar-refractivity contribution in [3.05, 3.63) is 0 Å². The predicted molar refractivity (Wildman–Crippen MR) is 64.7 cm³/mol. The van der Waals surface area contributed by atoms with Crippen LogP contribution in [0.5, 0.6) is 0 Å². The number of β-amino-alcohol motifs (C(OH)–C–C–N with tert-alkyl or cyclic N) is 1. The van der Waals surface area contributed by atoms with Gasteiger partial charge in [0.15, 0.2) is 0 Å². The van der Waals surface area contributed by atoms with Crippen molar-refractivity contribution in [2.45, 2.75) is 45.6 Å². The quantitative estimate of drug-likeness (QED) is 0.814. The van der Waals surface area contributed by atoms with Crippen LogP contribution in [0.3, 0.4) is 0 Å². The molecule has 0 saturated carbocycles. The van der Waals surface area contributed by atoms with Crippen molar-refractivity contribution < 1.29 is 13.5 Å². The first-order valence-electron chi connectivity index (χ1n) is 5.99. The van der Waals surface area contributed by atoms with Crippen molar-refractivity contribution in [2.24, 2.45) is 5.92 Å². The Hall–Kier alpha value is -0.130. The van der Waals surface area contributed by atoms with Gasteiger partial charge in [-0.25, -0.2) is 8.42 Å². The Morgan fingerprint density at radius 2 is 2.06 bits per heavy atom. The van der Waals surface area contributed by atoms with Crippen LogP contribution in [0.1, 0.15) is 40.0 Å². The predicted octanol–water partition coefficient (Wildman–Crippen LogP) is 1.21. The van der Waals surface area contributed by atoms with E-state index in [4.69, 9.17) is 0 Å². The molecule has 0 aliphatic carbocycles. The van der Waals surface area contributed by atoms with E-state index in [1.165, 1.54) is 4.31 Å². The summed E-state index contributed by atoms with van der Waals surface area (Å²) in [5.74, 6) is 0.300. The Balaban J connectivity index is 2.74. The first-order valence-corrected chi connectivity index (χ1v) is 7.60. The molecular formula is C11H23NO3S. The largest absolute Gasteiger partial charge is 0.389 e. The maximum absolute atomic E-state index is 12.0. The fourth-order valence-electron chi connectivity index (χ4n) is 2.12. The van der Waals surface area contributed by atoms with Gasteiger partial charge >= 0.3 is 0 Å². The van der Waals surface area contributed by atoms with Crippen LogP contribution in [0.4, 0.5) is 0 Å². The van der Waals surface area contributed by atoms with E-state index in [1.807, 2.05) is 20.8 Å². The van der Waals surface area contributed by atoms with Crippen molar-refractivity contribution >= 4 is 10.0 Å². The van der Waals surface area contributed by atoms with Crippen LogP contribution in [0.25, 0.3) is 0 Å². The van der Waals surface area contributed by atoms with E-state index in [0.717, 1.165) is 6.42 Å². The topological polar surface area (TPSA) is 57.6 Å². The van der Waals surface area contributed by atoms with E-state index in [-0.39, 0.29) is 18.2 Å². The van der Waals surface area contributed by atoms with Crippen LogP contribution in [0.15, 0.2) is 0 Å². The van der Waals surface area contributed by atoms with Crippen LogP contribution in [-0.2, 0) is 10.0 Å². The molecule has 5 heteroatoms. The minimum absolute atomic E-state index is 0.127. The molecule has 96 valence electrons. The molecule has 16 heavy (non-hydrogen) atoms. The second-order valence-electron chi connectivity index (χ2n) is 5.19. The summed E-state index contributed by atoms with van der Waals surface area (Å²) in [5, 5.41) is 10.1. The molecule has 0 aromatic heterocycles. The number of nitrogens with zero attached hydrogens (tertiary/aromatic N) is 1. The number of rotatable bonds is 4. The zero-order chi connectivity index (χ0) is 12.4. The lowest BCUT2D eigenvalue weighted by atomic mass is 9.92. The number of aliphatic hydroxyl groups is 1. The van der Waals surface area contributed by atoms with Crippen molar-refractivity contribution in [1.82, 2.24) is 4.31 Å². The molecule has 1 unspecified atom stereocenters. The third kappa shape index (κ3) is 3.43. The van der Waals surface area contributed by atoms with E-state index in [9.17, 15) is 13.5 Å². The second-order valence-corrected chi connectivity index (χ2v) is 7.20. The normalized spacial score (nSPS) is 28.6. The maximum atomic E-state index is 12.0. The molecule has 1 atom stereocenters. The number of piperidine rings is 1. The van der Waals surface area contributed by atoms with E-state index in [0.29, 0.717) is 19.4 Å². The molecular weight excluding hydrogens is 226 g/mol. The summed E-state index contributed by atoms with van der Waals surface area (Å²) < 4.78 is 25.5. The summed E-state index contributed by atoms with van der Waals surface area (Å²) in [7, 11) is -3.19. The van der Waals surface area contributed by atoms with Gasteiger partial charge in [0.05, 0.1) is 11.4 Å². The molecule has 1 rings (SSSR count). The summed E-state index contributed by atoms with van der Waals surface area (Å²) >= 11 is 0. The molecule has 0 bridgehead atoms. The molecule has 0 spiro atoms. The molecule has 1 aliphatic rings. The van der Waals surface area contributed by atoms with Gasteiger partial charge in [-0.3, -0.25) is 0 Å². The lowest BCUT2D eigenvalue weighted by molar-refractivity contribution is -0.0108.